The summed E-state index contributed by atoms with van der Waals surface area (Å²) < 4.78 is 34.6. The second kappa shape index (κ2) is 16.4. The van der Waals surface area contributed by atoms with Gasteiger partial charge in [0.25, 0.3) is 5.56 Å². The number of fused-ring (bicyclic) bond motifs is 1. The van der Waals surface area contributed by atoms with Crippen LogP contribution in [0, 0.1) is 6.92 Å². The molecule has 0 unspecified atom stereocenters. The molecule has 14 heteroatoms. The minimum Gasteiger partial charge on any atom is -0.423 e. The van der Waals surface area contributed by atoms with Crippen molar-refractivity contribution < 1.29 is 27.1 Å². The summed E-state index contributed by atoms with van der Waals surface area (Å²) in [4.78, 5) is 16.4. The maximum Gasteiger partial charge on any atom is 0.381 e. The molecule has 0 bridgehead atoms. The molecule has 4 rings (SSSR count). The van der Waals surface area contributed by atoms with Gasteiger partial charge in [-0.1, -0.05) is 30.3 Å². The number of aryl methyl sites for hydroxylation is 1. The zero-order valence-corrected chi connectivity index (χ0v) is 27.6. The van der Waals surface area contributed by atoms with Crippen molar-refractivity contribution in [2.75, 3.05) is 26.4 Å². The predicted molar refractivity (Wildman–Crippen MR) is 173 cm³/mol. The molecule has 2 aromatic carbocycles. The molecule has 4 aromatic rings. The number of benzene rings is 2. The second-order valence-corrected chi connectivity index (χ2v) is 14.2. The molecule has 2 aromatic heterocycles. The lowest BCUT2D eigenvalue weighted by atomic mass is 10.2. The standard InChI is InChI=1S/C14H17N2O4PS.C14H18NO3PS/c1-3-18-21(22,19-4-2)20-13-10-11-14(17)16(15-13)12-8-6-5-7-9-12;1-4-16-19(20,17-5-2)18-14-10-11(3)15-13-9-7-6-8-12(13)14/h5-11H,3-4H2,1-2H3;6-10H,4-5H2,1-3H3. The summed E-state index contributed by atoms with van der Waals surface area (Å²) in [5, 5.41) is 5.08. The zero-order valence-electron chi connectivity index (χ0n) is 24.2. The number of pyridine rings is 1. The van der Waals surface area contributed by atoms with E-state index < -0.39 is 13.4 Å². The topological polar surface area (TPSA) is 103 Å². The predicted octanol–water partition coefficient (Wildman–Crippen LogP) is 7.13. The first-order chi connectivity index (χ1) is 20.2. The van der Waals surface area contributed by atoms with Crippen molar-refractivity contribution in [1.29, 1.82) is 0 Å². The highest BCUT2D eigenvalue weighted by Crippen LogP contribution is 2.51. The van der Waals surface area contributed by atoms with Crippen LogP contribution in [0.3, 0.4) is 0 Å². The summed E-state index contributed by atoms with van der Waals surface area (Å²) in [5.74, 6) is 0.854. The first-order valence-electron chi connectivity index (χ1n) is 13.4. The van der Waals surface area contributed by atoms with Gasteiger partial charge in [0, 0.05) is 52.9 Å². The molecule has 0 amide bonds. The molecule has 0 saturated carbocycles. The van der Waals surface area contributed by atoms with Crippen LogP contribution in [0.15, 0.2) is 77.6 Å². The van der Waals surface area contributed by atoms with Crippen LogP contribution in [0.25, 0.3) is 16.6 Å². The van der Waals surface area contributed by atoms with Crippen LogP contribution in [0.5, 0.6) is 11.6 Å². The third-order valence-corrected chi connectivity index (χ3v) is 9.99. The van der Waals surface area contributed by atoms with E-state index in [0.717, 1.165) is 16.6 Å². The van der Waals surface area contributed by atoms with Gasteiger partial charge in [-0.2, -0.15) is 4.68 Å². The quantitative estimate of drug-likeness (QED) is 0.138. The van der Waals surface area contributed by atoms with Gasteiger partial charge in [-0.25, -0.2) is 0 Å². The molecule has 0 saturated heterocycles. The Morgan fingerprint density at radius 2 is 1.29 bits per heavy atom. The van der Waals surface area contributed by atoms with Crippen molar-refractivity contribution in [3.05, 3.63) is 88.8 Å². The van der Waals surface area contributed by atoms with E-state index in [9.17, 15) is 4.79 Å². The van der Waals surface area contributed by atoms with Gasteiger partial charge in [-0.3, -0.25) is 27.9 Å². The number of nitrogens with zero attached hydrogens (tertiary/aromatic N) is 3. The molecule has 42 heavy (non-hydrogen) atoms. The maximum absolute atomic E-state index is 12.0. The summed E-state index contributed by atoms with van der Waals surface area (Å²) in [7, 11) is 0. The lowest BCUT2D eigenvalue weighted by Crippen LogP contribution is -2.20. The second-order valence-electron chi connectivity index (χ2n) is 8.28. The largest absolute Gasteiger partial charge is 0.423 e. The fourth-order valence-corrected chi connectivity index (χ4v) is 7.67. The third kappa shape index (κ3) is 9.76. The van der Waals surface area contributed by atoms with E-state index in [1.54, 1.807) is 12.1 Å². The molecule has 0 aliphatic heterocycles. The molecular weight excluding hydrogens is 616 g/mol. The smallest absolute Gasteiger partial charge is 0.381 e. The molecule has 0 radical (unpaired) electrons. The highest BCUT2D eigenvalue weighted by Gasteiger charge is 2.23. The molecule has 226 valence electrons. The van der Waals surface area contributed by atoms with Gasteiger partial charge < -0.3 is 9.05 Å². The normalized spacial score (nSPS) is 11.5. The van der Waals surface area contributed by atoms with E-state index in [4.69, 9.17) is 50.8 Å². The average molecular weight is 652 g/mol. The third-order valence-electron chi connectivity index (χ3n) is 5.15. The average Bonchev–Trinajstić information content (AvgIpc) is 2.95. The van der Waals surface area contributed by atoms with Crippen molar-refractivity contribution in [2.45, 2.75) is 34.6 Å². The molecule has 0 spiro atoms. The van der Waals surface area contributed by atoms with Gasteiger partial charge >= 0.3 is 13.4 Å². The Morgan fingerprint density at radius 3 is 1.88 bits per heavy atom. The Morgan fingerprint density at radius 1 is 0.738 bits per heavy atom. The monoisotopic (exact) mass is 651 g/mol. The Balaban J connectivity index is 0.000000231. The van der Waals surface area contributed by atoms with E-state index in [0.29, 0.717) is 37.9 Å². The van der Waals surface area contributed by atoms with Gasteiger partial charge in [0.1, 0.15) is 5.75 Å². The summed E-state index contributed by atoms with van der Waals surface area (Å²) in [5.41, 5.74) is 2.11. The van der Waals surface area contributed by atoms with Crippen LogP contribution in [0.4, 0.5) is 0 Å². The molecule has 0 aliphatic rings. The number of rotatable bonds is 13. The SMILES string of the molecule is CCOP(=S)(OCC)Oc1cc(C)nc2ccccc12.CCOP(=S)(OCC)Oc1ccc(=O)n(-c2ccccc2)n1. The summed E-state index contributed by atoms with van der Waals surface area (Å²) in [6.07, 6.45) is 0. The Hall–Kier alpha value is -2.53. The number of hydrogen-bond acceptors (Lipinski definition) is 11. The van der Waals surface area contributed by atoms with E-state index in [1.165, 1.54) is 16.8 Å². The van der Waals surface area contributed by atoms with Gasteiger partial charge in [0.15, 0.2) is 0 Å². The van der Waals surface area contributed by atoms with E-state index in [1.807, 2.05) is 83.1 Å². The summed E-state index contributed by atoms with van der Waals surface area (Å²) in [6, 6.07) is 21.5. The molecule has 0 atom stereocenters. The molecule has 2 heterocycles. The van der Waals surface area contributed by atoms with Crippen molar-refractivity contribution in [1.82, 2.24) is 14.8 Å². The van der Waals surface area contributed by atoms with Crippen LogP contribution < -0.4 is 14.6 Å². The fourth-order valence-electron chi connectivity index (χ4n) is 3.59. The van der Waals surface area contributed by atoms with E-state index in [-0.39, 0.29) is 11.4 Å². The highest BCUT2D eigenvalue weighted by atomic mass is 32.5. The minimum atomic E-state index is -2.91. The number of hydrogen-bond donors (Lipinski definition) is 0. The molecule has 0 aliphatic carbocycles. The molecular formula is C28H35N3O7P2S2. The van der Waals surface area contributed by atoms with Crippen LogP contribution in [-0.2, 0) is 41.7 Å². The van der Waals surface area contributed by atoms with Crippen molar-refractivity contribution in [3.8, 4) is 17.3 Å². The Bertz CT molecular complexity index is 1590. The summed E-state index contributed by atoms with van der Waals surface area (Å²) in [6.45, 7) is 5.27. The van der Waals surface area contributed by atoms with Crippen LogP contribution >= 0.6 is 13.4 Å². The molecule has 10 nitrogen and oxygen atoms in total. The number of aromatic nitrogens is 3. The van der Waals surface area contributed by atoms with Gasteiger partial charge in [0.05, 0.1) is 37.6 Å². The van der Waals surface area contributed by atoms with Crippen molar-refractivity contribution >= 4 is 48.0 Å². The van der Waals surface area contributed by atoms with Crippen molar-refractivity contribution in [3.63, 3.8) is 0 Å². The lowest BCUT2D eigenvalue weighted by molar-refractivity contribution is 0.215. The fraction of sp³-hybridized carbons (Fsp3) is 0.321. The van der Waals surface area contributed by atoms with E-state index >= 15 is 0 Å². The van der Waals surface area contributed by atoms with Crippen LogP contribution in [-0.4, -0.2) is 41.2 Å². The highest BCUT2D eigenvalue weighted by molar-refractivity contribution is 8.08. The van der Waals surface area contributed by atoms with Gasteiger partial charge in [0.2, 0.25) is 5.88 Å². The van der Waals surface area contributed by atoms with Crippen LogP contribution in [0.2, 0.25) is 0 Å². The zero-order chi connectivity index (χ0) is 30.6. The minimum absolute atomic E-state index is 0.189. The van der Waals surface area contributed by atoms with Gasteiger partial charge in [-0.15, -0.1) is 5.10 Å². The van der Waals surface area contributed by atoms with Crippen molar-refractivity contribution in [2.24, 2.45) is 0 Å². The first-order valence-corrected chi connectivity index (χ1v) is 18.5. The number of para-hydroxylation sites is 2. The van der Waals surface area contributed by atoms with Crippen LogP contribution in [0.1, 0.15) is 33.4 Å². The first kappa shape index (κ1) is 34.0. The maximum atomic E-state index is 12.0. The molecule has 0 N–H and O–H groups in total. The Labute approximate surface area is 256 Å². The lowest BCUT2D eigenvalue weighted by Gasteiger charge is -2.22. The van der Waals surface area contributed by atoms with Gasteiger partial charge in [-0.05, 0) is 58.9 Å². The van der Waals surface area contributed by atoms with E-state index in [2.05, 4.69) is 10.1 Å². The Kier molecular flexibility index (Phi) is 13.2. The molecule has 0 fully saturated rings. The summed E-state index contributed by atoms with van der Waals surface area (Å²) >= 11 is 10.7.